The van der Waals surface area contributed by atoms with Gasteiger partial charge in [0.2, 0.25) is 5.95 Å². The Morgan fingerprint density at radius 3 is 2.60 bits per heavy atom. The third kappa shape index (κ3) is 2.90. The van der Waals surface area contributed by atoms with Gasteiger partial charge in [-0.25, -0.2) is 14.8 Å². The minimum absolute atomic E-state index is 0.0148. The van der Waals surface area contributed by atoms with Crippen LogP contribution in [-0.2, 0) is 0 Å². The fourth-order valence-electron chi connectivity index (χ4n) is 4.89. The number of rotatable bonds is 2. The highest BCUT2D eigenvalue weighted by molar-refractivity contribution is 6.30. The molecule has 1 aliphatic carbocycles. The molecule has 1 saturated carbocycles. The Labute approximate surface area is 180 Å². The van der Waals surface area contributed by atoms with Gasteiger partial charge in [0.15, 0.2) is 0 Å². The van der Waals surface area contributed by atoms with Gasteiger partial charge in [-0.3, -0.25) is 4.90 Å². The van der Waals surface area contributed by atoms with Crippen molar-refractivity contribution in [3.63, 3.8) is 0 Å². The average Bonchev–Trinajstić information content (AvgIpc) is 3.51. The van der Waals surface area contributed by atoms with Gasteiger partial charge in [0, 0.05) is 55.1 Å². The summed E-state index contributed by atoms with van der Waals surface area (Å²) in [6, 6.07) is 5.48. The van der Waals surface area contributed by atoms with Crippen molar-refractivity contribution in [3.8, 4) is 5.75 Å². The number of carbonyl (C=O) groups excluding carboxylic acids is 1. The maximum Gasteiger partial charge on any atom is 0.325 e. The Kier molecular flexibility index (Phi) is 3.94. The standard InChI is InChI=1S/C22H24ClN5O2/c1-14-9-30-19-6-17(23)4-5-18(19)28(14)21(29)27-12-22(13-27)10-26(11-22)20-24-7-16(8-25-20)15-2-3-15/h4-8,14-15H,2-3,9-13H2,1H3. The summed E-state index contributed by atoms with van der Waals surface area (Å²) in [6.07, 6.45) is 6.48. The Hall–Kier alpha value is -2.54. The molecule has 2 saturated heterocycles. The van der Waals surface area contributed by atoms with Crippen molar-refractivity contribution in [2.45, 2.75) is 31.7 Å². The van der Waals surface area contributed by atoms with Gasteiger partial charge in [0.05, 0.1) is 11.7 Å². The number of nitrogens with zero attached hydrogens (tertiary/aromatic N) is 5. The number of hydrogen-bond donors (Lipinski definition) is 0. The van der Waals surface area contributed by atoms with Crippen LogP contribution in [0, 0.1) is 5.41 Å². The highest BCUT2D eigenvalue weighted by Gasteiger charge is 2.55. The van der Waals surface area contributed by atoms with Crippen LogP contribution in [0.25, 0.3) is 0 Å². The van der Waals surface area contributed by atoms with E-state index in [4.69, 9.17) is 16.3 Å². The highest BCUT2D eigenvalue weighted by atomic mass is 35.5. The molecule has 1 unspecified atom stereocenters. The summed E-state index contributed by atoms with van der Waals surface area (Å²) in [5, 5.41) is 0.612. The number of amides is 2. The van der Waals surface area contributed by atoms with Crippen LogP contribution in [0.3, 0.4) is 0 Å². The second-order valence-electron chi connectivity index (χ2n) is 9.23. The van der Waals surface area contributed by atoms with Crippen molar-refractivity contribution in [3.05, 3.63) is 41.2 Å². The van der Waals surface area contributed by atoms with Crippen LogP contribution in [-0.4, -0.2) is 59.7 Å². The first-order valence-corrected chi connectivity index (χ1v) is 11.0. The Bertz CT molecular complexity index is 995. The summed E-state index contributed by atoms with van der Waals surface area (Å²) >= 11 is 6.09. The molecule has 2 amide bonds. The molecule has 3 aliphatic heterocycles. The average molecular weight is 426 g/mol. The number of urea groups is 1. The number of carbonyl (C=O) groups is 1. The second-order valence-corrected chi connectivity index (χ2v) is 9.66. The molecule has 1 atom stereocenters. The predicted molar refractivity (Wildman–Crippen MR) is 115 cm³/mol. The first-order valence-electron chi connectivity index (χ1n) is 10.6. The van der Waals surface area contributed by atoms with Crippen molar-refractivity contribution in [2.75, 3.05) is 42.6 Å². The van der Waals surface area contributed by atoms with Crippen molar-refractivity contribution in [1.29, 1.82) is 0 Å². The lowest BCUT2D eigenvalue weighted by molar-refractivity contribution is 0.00814. The lowest BCUT2D eigenvalue weighted by atomic mass is 9.73. The van der Waals surface area contributed by atoms with Gasteiger partial charge in [0.1, 0.15) is 12.4 Å². The number of anilines is 2. The molecular weight excluding hydrogens is 402 g/mol. The molecule has 0 bridgehead atoms. The molecular formula is C22H24ClN5O2. The van der Waals surface area contributed by atoms with Gasteiger partial charge in [0.25, 0.3) is 0 Å². The topological polar surface area (TPSA) is 61.8 Å². The first-order chi connectivity index (χ1) is 14.5. The van der Waals surface area contributed by atoms with Crippen LogP contribution in [0.15, 0.2) is 30.6 Å². The number of benzene rings is 1. The lowest BCUT2D eigenvalue weighted by Gasteiger charge is -2.60. The second kappa shape index (κ2) is 6.48. The Balaban J connectivity index is 1.10. The molecule has 7 nitrogen and oxygen atoms in total. The number of fused-ring (bicyclic) bond motifs is 1. The van der Waals surface area contributed by atoms with Crippen LogP contribution in [0.2, 0.25) is 5.02 Å². The molecule has 0 radical (unpaired) electrons. The van der Waals surface area contributed by atoms with Crippen molar-refractivity contribution < 1.29 is 9.53 Å². The van der Waals surface area contributed by atoms with E-state index < -0.39 is 0 Å². The monoisotopic (exact) mass is 425 g/mol. The van der Waals surface area contributed by atoms with Gasteiger partial charge in [-0.2, -0.15) is 0 Å². The third-order valence-corrected chi connectivity index (χ3v) is 6.91. The maximum atomic E-state index is 13.2. The highest BCUT2D eigenvalue weighted by Crippen LogP contribution is 2.44. The zero-order valence-corrected chi connectivity index (χ0v) is 17.7. The fraction of sp³-hybridized carbons (Fsp3) is 0.500. The molecule has 1 spiro atoms. The van der Waals surface area contributed by atoms with Gasteiger partial charge in [-0.15, -0.1) is 0 Å². The van der Waals surface area contributed by atoms with E-state index in [1.54, 1.807) is 12.1 Å². The minimum Gasteiger partial charge on any atom is -0.489 e. The van der Waals surface area contributed by atoms with Crippen LogP contribution in [0.1, 0.15) is 31.2 Å². The molecule has 3 fully saturated rings. The summed E-state index contributed by atoms with van der Waals surface area (Å²) in [7, 11) is 0. The third-order valence-electron chi connectivity index (χ3n) is 6.67. The quantitative estimate of drug-likeness (QED) is 0.736. The Morgan fingerprint density at radius 2 is 1.90 bits per heavy atom. The lowest BCUT2D eigenvalue weighted by Crippen LogP contribution is -2.74. The van der Waals surface area contributed by atoms with E-state index in [0.29, 0.717) is 23.3 Å². The van der Waals surface area contributed by atoms with Gasteiger partial charge in [-0.1, -0.05) is 11.6 Å². The smallest absolute Gasteiger partial charge is 0.325 e. The van der Waals surface area contributed by atoms with E-state index in [9.17, 15) is 4.79 Å². The molecule has 2 aromatic rings. The molecule has 1 aromatic heterocycles. The van der Waals surface area contributed by atoms with Gasteiger partial charge >= 0.3 is 6.03 Å². The molecule has 8 heteroatoms. The van der Waals surface area contributed by atoms with Crippen LogP contribution < -0.4 is 14.5 Å². The van der Waals surface area contributed by atoms with Crippen LogP contribution in [0.5, 0.6) is 5.75 Å². The van der Waals surface area contributed by atoms with Crippen molar-refractivity contribution in [1.82, 2.24) is 14.9 Å². The van der Waals surface area contributed by atoms with E-state index in [2.05, 4.69) is 14.9 Å². The summed E-state index contributed by atoms with van der Waals surface area (Å²) in [5.41, 5.74) is 2.23. The molecule has 0 N–H and O–H groups in total. The van der Waals surface area contributed by atoms with Crippen molar-refractivity contribution >= 4 is 29.3 Å². The van der Waals surface area contributed by atoms with E-state index >= 15 is 0 Å². The zero-order chi connectivity index (χ0) is 20.5. The largest absolute Gasteiger partial charge is 0.489 e. The number of hydrogen-bond acceptors (Lipinski definition) is 5. The van der Waals surface area contributed by atoms with Crippen molar-refractivity contribution in [2.24, 2.45) is 5.41 Å². The zero-order valence-electron chi connectivity index (χ0n) is 16.9. The Morgan fingerprint density at radius 1 is 1.17 bits per heavy atom. The molecule has 4 aliphatic rings. The summed E-state index contributed by atoms with van der Waals surface area (Å²) in [5.74, 6) is 2.16. The summed E-state index contributed by atoms with van der Waals surface area (Å²) < 4.78 is 5.77. The van der Waals surface area contributed by atoms with Crippen LogP contribution >= 0.6 is 11.6 Å². The van der Waals surface area contributed by atoms with Gasteiger partial charge in [-0.05, 0) is 43.4 Å². The van der Waals surface area contributed by atoms with Gasteiger partial charge < -0.3 is 14.5 Å². The SMILES string of the molecule is CC1COc2cc(Cl)ccc2N1C(=O)N1CC2(C1)CN(c1ncc(C3CC3)cn1)C2. The summed E-state index contributed by atoms with van der Waals surface area (Å²) in [4.78, 5) is 28.4. The number of halogens is 1. The number of aromatic nitrogens is 2. The molecule has 30 heavy (non-hydrogen) atoms. The number of ether oxygens (including phenoxy) is 1. The molecule has 156 valence electrons. The fourth-order valence-corrected chi connectivity index (χ4v) is 5.06. The first kappa shape index (κ1) is 18.2. The molecule has 4 heterocycles. The molecule has 6 rings (SSSR count). The van der Waals surface area contributed by atoms with E-state index in [-0.39, 0.29) is 17.5 Å². The van der Waals surface area contributed by atoms with Crippen LogP contribution in [0.4, 0.5) is 16.4 Å². The minimum atomic E-state index is -0.0148. The normalized spacial score (nSPS) is 24.1. The molecule has 1 aromatic carbocycles. The summed E-state index contributed by atoms with van der Waals surface area (Å²) in [6.45, 7) is 5.85. The van der Waals surface area contributed by atoms with E-state index in [1.165, 1.54) is 18.4 Å². The number of likely N-dealkylation sites (tertiary alicyclic amines) is 1. The maximum absolute atomic E-state index is 13.2. The van der Waals surface area contributed by atoms with E-state index in [1.807, 2.05) is 35.2 Å². The van der Waals surface area contributed by atoms with E-state index in [0.717, 1.165) is 37.8 Å². The predicted octanol–water partition coefficient (Wildman–Crippen LogP) is 3.54.